The third-order valence-electron chi connectivity index (χ3n) is 4.69. The number of nitrogens with one attached hydrogen (secondary N) is 1. The normalized spacial score (nSPS) is 17.0. The highest BCUT2D eigenvalue weighted by molar-refractivity contribution is 6.07. The molecule has 0 saturated heterocycles. The molecule has 1 N–H and O–H groups in total. The van der Waals surface area contributed by atoms with Gasteiger partial charge in [0.1, 0.15) is 5.76 Å². The van der Waals surface area contributed by atoms with Gasteiger partial charge in [0.15, 0.2) is 0 Å². The van der Waals surface area contributed by atoms with Gasteiger partial charge < -0.3 is 9.73 Å². The molecule has 3 aromatic rings. The van der Waals surface area contributed by atoms with Crippen molar-refractivity contribution in [2.75, 3.05) is 0 Å². The van der Waals surface area contributed by atoms with Crippen molar-refractivity contribution in [3.8, 4) is 0 Å². The Morgan fingerprint density at radius 1 is 1.17 bits per heavy atom. The highest BCUT2D eigenvalue weighted by Crippen LogP contribution is 2.33. The minimum absolute atomic E-state index is 0.0137. The number of hydrogen-bond donors (Lipinski definition) is 1. The number of amides is 1. The second kappa shape index (κ2) is 5.58. The minimum Gasteiger partial charge on any atom is -0.469 e. The first kappa shape index (κ1) is 14.1. The number of fused-ring (bicyclic) bond motifs is 2. The standard InChI is InChI=1S/C20H19NO2/c1-13-12-23-18-11-5-10-17(19(13)18)21-20(22)16-9-4-7-14-6-2-3-8-15(14)16/h2-4,6-9,12,17H,5,10-11H2,1H3,(H,21,22). The Morgan fingerprint density at radius 2 is 2.00 bits per heavy atom. The lowest BCUT2D eigenvalue weighted by Crippen LogP contribution is -2.31. The predicted octanol–water partition coefficient (Wildman–Crippen LogP) is 4.55. The molecule has 1 heterocycles. The smallest absolute Gasteiger partial charge is 0.252 e. The number of aryl methyl sites for hydroxylation is 2. The van der Waals surface area contributed by atoms with Crippen LogP contribution in [0.1, 0.15) is 46.1 Å². The molecule has 1 amide bonds. The third-order valence-corrected chi connectivity index (χ3v) is 4.69. The fourth-order valence-corrected chi connectivity index (χ4v) is 3.58. The van der Waals surface area contributed by atoms with Crippen LogP contribution in [0.15, 0.2) is 53.1 Å². The largest absolute Gasteiger partial charge is 0.469 e. The maximum atomic E-state index is 12.8. The van der Waals surface area contributed by atoms with E-state index >= 15 is 0 Å². The average Bonchev–Trinajstić information content (AvgIpc) is 2.96. The lowest BCUT2D eigenvalue weighted by molar-refractivity contribution is 0.0934. The van der Waals surface area contributed by atoms with Crippen LogP contribution in [0, 0.1) is 6.92 Å². The van der Waals surface area contributed by atoms with Gasteiger partial charge in [-0.15, -0.1) is 0 Å². The first-order valence-electron chi connectivity index (χ1n) is 8.09. The van der Waals surface area contributed by atoms with Crippen LogP contribution in [0.25, 0.3) is 10.8 Å². The molecule has 0 fully saturated rings. The summed E-state index contributed by atoms with van der Waals surface area (Å²) in [6.45, 7) is 2.05. The van der Waals surface area contributed by atoms with E-state index in [4.69, 9.17) is 4.42 Å². The maximum Gasteiger partial charge on any atom is 0.252 e. The molecule has 3 heteroatoms. The number of hydrogen-bond acceptors (Lipinski definition) is 2. The van der Waals surface area contributed by atoms with Crippen molar-refractivity contribution in [3.05, 3.63) is 71.2 Å². The summed E-state index contributed by atoms with van der Waals surface area (Å²) in [5.74, 6) is 1.01. The molecule has 1 atom stereocenters. The molecule has 1 aliphatic rings. The molecule has 0 saturated carbocycles. The Balaban J connectivity index is 1.67. The summed E-state index contributed by atoms with van der Waals surface area (Å²) >= 11 is 0. The van der Waals surface area contributed by atoms with E-state index in [-0.39, 0.29) is 11.9 Å². The summed E-state index contributed by atoms with van der Waals surface area (Å²) in [6.07, 6.45) is 4.77. The van der Waals surface area contributed by atoms with Crippen molar-refractivity contribution in [2.24, 2.45) is 0 Å². The molecule has 0 radical (unpaired) electrons. The molecular weight excluding hydrogens is 286 g/mol. The van der Waals surface area contributed by atoms with E-state index in [0.29, 0.717) is 0 Å². The molecule has 0 aliphatic heterocycles. The molecule has 23 heavy (non-hydrogen) atoms. The van der Waals surface area contributed by atoms with Gasteiger partial charge in [-0.2, -0.15) is 0 Å². The van der Waals surface area contributed by atoms with Gasteiger partial charge in [0.05, 0.1) is 12.3 Å². The fraction of sp³-hybridized carbons (Fsp3) is 0.250. The van der Waals surface area contributed by atoms with Crippen LogP contribution in [-0.2, 0) is 6.42 Å². The Kier molecular flexibility index (Phi) is 3.41. The van der Waals surface area contributed by atoms with Gasteiger partial charge >= 0.3 is 0 Å². The highest BCUT2D eigenvalue weighted by atomic mass is 16.3. The van der Waals surface area contributed by atoms with Crippen molar-refractivity contribution >= 4 is 16.7 Å². The second-order valence-corrected chi connectivity index (χ2v) is 6.20. The quantitative estimate of drug-likeness (QED) is 0.754. The Hall–Kier alpha value is -2.55. The monoisotopic (exact) mass is 305 g/mol. The van der Waals surface area contributed by atoms with Crippen LogP contribution >= 0.6 is 0 Å². The number of furan rings is 1. The van der Waals surface area contributed by atoms with Gasteiger partial charge in [0.25, 0.3) is 5.91 Å². The first-order chi connectivity index (χ1) is 11.2. The van der Waals surface area contributed by atoms with E-state index in [0.717, 1.165) is 46.9 Å². The Morgan fingerprint density at radius 3 is 2.91 bits per heavy atom. The van der Waals surface area contributed by atoms with E-state index in [9.17, 15) is 4.79 Å². The average molecular weight is 305 g/mol. The lowest BCUT2D eigenvalue weighted by Gasteiger charge is -2.24. The fourth-order valence-electron chi connectivity index (χ4n) is 3.58. The topological polar surface area (TPSA) is 42.2 Å². The predicted molar refractivity (Wildman–Crippen MR) is 90.5 cm³/mol. The molecule has 0 spiro atoms. The van der Waals surface area contributed by atoms with Crippen LogP contribution in [0.2, 0.25) is 0 Å². The summed E-state index contributed by atoms with van der Waals surface area (Å²) in [7, 11) is 0. The van der Waals surface area contributed by atoms with E-state index < -0.39 is 0 Å². The molecule has 2 aromatic carbocycles. The van der Waals surface area contributed by atoms with Gasteiger partial charge in [-0.3, -0.25) is 4.79 Å². The van der Waals surface area contributed by atoms with Crippen molar-refractivity contribution < 1.29 is 9.21 Å². The van der Waals surface area contributed by atoms with Gasteiger partial charge in [-0.05, 0) is 42.2 Å². The molecular formula is C20H19NO2. The number of rotatable bonds is 2. The van der Waals surface area contributed by atoms with Crippen molar-refractivity contribution in [1.82, 2.24) is 5.32 Å². The highest BCUT2D eigenvalue weighted by Gasteiger charge is 2.27. The van der Waals surface area contributed by atoms with Crippen LogP contribution in [0.3, 0.4) is 0 Å². The number of carbonyl (C=O) groups is 1. The summed E-state index contributed by atoms with van der Waals surface area (Å²) in [6, 6.07) is 13.9. The van der Waals surface area contributed by atoms with Gasteiger partial charge in [0, 0.05) is 17.5 Å². The van der Waals surface area contributed by atoms with Crippen LogP contribution in [0.5, 0.6) is 0 Å². The molecule has 0 bridgehead atoms. The third kappa shape index (κ3) is 2.42. The minimum atomic E-state index is -0.0137. The first-order valence-corrected chi connectivity index (χ1v) is 8.09. The van der Waals surface area contributed by atoms with Gasteiger partial charge in [0.2, 0.25) is 0 Å². The summed E-state index contributed by atoms with van der Waals surface area (Å²) in [5.41, 5.74) is 3.03. The van der Waals surface area contributed by atoms with Crippen molar-refractivity contribution in [2.45, 2.75) is 32.2 Å². The zero-order chi connectivity index (χ0) is 15.8. The lowest BCUT2D eigenvalue weighted by atomic mass is 9.90. The second-order valence-electron chi connectivity index (χ2n) is 6.20. The van der Waals surface area contributed by atoms with E-state index in [1.54, 1.807) is 6.26 Å². The van der Waals surface area contributed by atoms with Gasteiger partial charge in [-0.25, -0.2) is 0 Å². The van der Waals surface area contributed by atoms with E-state index in [2.05, 4.69) is 5.32 Å². The summed E-state index contributed by atoms with van der Waals surface area (Å²) in [5, 5.41) is 5.29. The summed E-state index contributed by atoms with van der Waals surface area (Å²) < 4.78 is 5.62. The number of benzene rings is 2. The van der Waals surface area contributed by atoms with Crippen LogP contribution in [0.4, 0.5) is 0 Å². The zero-order valence-corrected chi connectivity index (χ0v) is 13.1. The van der Waals surface area contributed by atoms with Crippen LogP contribution in [-0.4, -0.2) is 5.91 Å². The number of carbonyl (C=O) groups excluding carboxylic acids is 1. The van der Waals surface area contributed by atoms with E-state index in [1.165, 1.54) is 5.56 Å². The molecule has 1 aromatic heterocycles. The maximum absolute atomic E-state index is 12.8. The molecule has 1 aliphatic carbocycles. The van der Waals surface area contributed by atoms with Gasteiger partial charge in [-0.1, -0.05) is 36.4 Å². The van der Waals surface area contributed by atoms with E-state index in [1.807, 2.05) is 49.4 Å². The molecule has 4 rings (SSSR count). The van der Waals surface area contributed by atoms with Crippen LogP contribution < -0.4 is 5.32 Å². The zero-order valence-electron chi connectivity index (χ0n) is 13.1. The molecule has 3 nitrogen and oxygen atoms in total. The Labute approximate surface area is 135 Å². The van der Waals surface area contributed by atoms with Crippen molar-refractivity contribution in [3.63, 3.8) is 0 Å². The molecule has 1 unspecified atom stereocenters. The SMILES string of the molecule is Cc1coc2c1C(NC(=O)c1cccc3ccccc13)CCC2. The summed E-state index contributed by atoms with van der Waals surface area (Å²) in [4.78, 5) is 12.8. The Bertz CT molecular complexity index is 873. The molecule has 116 valence electrons. The van der Waals surface area contributed by atoms with Crippen molar-refractivity contribution in [1.29, 1.82) is 0 Å².